The molecule has 0 radical (unpaired) electrons. The van der Waals surface area contributed by atoms with E-state index in [1.807, 2.05) is 13.8 Å². The van der Waals surface area contributed by atoms with E-state index in [2.05, 4.69) is 11.3 Å². The topological polar surface area (TPSA) is 63.6 Å². The van der Waals surface area contributed by atoms with Crippen LogP contribution in [0, 0.1) is 17.8 Å². The number of hydrogen-bond acceptors (Lipinski definition) is 3. The molecule has 0 aliphatic heterocycles. The summed E-state index contributed by atoms with van der Waals surface area (Å²) in [7, 11) is 1.27. The molecule has 0 aromatic heterocycles. The van der Waals surface area contributed by atoms with Crippen LogP contribution in [0.25, 0.3) is 0 Å². The van der Waals surface area contributed by atoms with Gasteiger partial charge in [-0.3, -0.25) is 9.59 Å². The summed E-state index contributed by atoms with van der Waals surface area (Å²) in [6, 6.07) is 0. The minimum absolute atomic E-state index is 0.220. The molecule has 0 aliphatic carbocycles. The van der Waals surface area contributed by atoms with Gasteiger partial charge in [-0.2, -0.15) is 0 Å². The highest BCUT2D eigenvalue weighted by Gasteiger charge is 2.33. The number of carbonyl (C=O) groups excluding carboxylic acids is 1. The van der Waals surface area contributed by atoms with Crippen LogP contribution in [0.15, 0.2) is 12.7 Å². The van der Waals surface area contributed by atoms with Gasteiger partial charge in [-0.1, -0.05) is 19.9 Å². The summed E-state index contributed by atoms with van der Waals surface area (Å²) in [6.45, 7) is 7.39. The Morgan fingerprint density at radius 2 is 1.94 bits per heavy atom. The molecule has 0 rings (SSSR count). The second kappa shape index (κ2) is 7.04. The predicted octanol–water partition coefficient (Wildman–Crippen LogP) is 2.10. The van der Waals surface area contributed by atoms with Gasteiger partial charge in [-0.05, 0) is 18.8 Å². The van der Waals surface area contributed by atoms with E-state index >= 15 is 0 Å². The first kappa shape index (κ1) is 14.7. The normalized spacial score (nSPS) is 14.2. The smallest absolute Gasteiger partial charge is 0.309 e. The SMILES string of the molecule is C=CCC(C(=O)OC)C(CC(C)C)C(=O)O. The quantitative estimate of drug-likeness (QED) is 0.535. The fourth-order valence-corrected chi connectivity index (χ4v) is 1.70. The van der Waals surface area contributed by atoms with Crippen LogP contribution in [0.1, 0.15) is 26.7 Å². The van der Waals surface area contributed by atoms with Gasteiger partial charge in [0.05, 0.1) is 18.9 Å². The molecule has 0 bridgehead atoms. The summed E-state index contributed by atoms with van der Waals surface area (Å²) in [4.78, 5) is 22.6. The van der Waals surface area contributed by atoms with Crippen molar-refractivity contribution in [3.8, 4) is 0 Å². The average Bonchev–Trinajstić information content (AvgIpc) is 2.21. The van der Waals surface area contributed by atoms with Crippen LogP contribution in [0.3, 0.4) is 0 Å². The summed E-state index contributed by atoms with van der Waals surface area (Å²) in [5.41, 5.74) is 0. The van der Waals surface area contributed by atoms with Crippen molar-refractivity contribution >= 4 is 11.9 Å². The Morgan fingerprint density at radius 1 is 1.38 bits per heavy atom. The number of hydrogen-bond donors (Lipinski definition) is 1. The zero-order valence-electron chi connectivity index (χ0n) is 10.1. The third-order valence-corrected chi connectivity index (χ3v) is 2.45. The Hall–Kier alpha value is -1.32. The standard InChI is InChI=1S/C12H20O4/c1-5-6-9(12(15)16-4)10(11(13)14)7-8(2)3/h5,8-10H,1,6-7H2,2-4H3,(H,13,14). The molecule has 0 saturated carbocycles. The van der Waals surface area contributed by atoms with Crippen LogP contribution in [0.5, 0.6) is 0 Å². The molecule has 0 heterocycles. The maximum absolute atomic E-state index is 11.5. The molecule has 4 nitrogen and oxygen atoms in total. The Labute approximate surface area is 96.3 Å². The van der Waals surface area contributed by atoms with E-state index in [0.29, 0.717) is 12.8 Å². The highest BCUT2D eigenvalue weighted by molar-refractivity contribution is 5.81. The first-order valence-electron chi connectivity index (χ1n) is 5.35. The molecule has 0 amide bonds. The van der Waals surface area contributed by atoms with Gasteiger partial charge in [0.1, 0.15) is 0 Å². The molecule has 1 N–H and O–H groups in total. The van der Waals surface area contributed by atoms with Gasteiger partial charge < -0.3 is 9.84 Å². The molecule has 0 aromatic rings. The van der Waals surface area contributed by atoms with Crippen molar-refractivity contribution in [1.29, 1.82) is 0 Å². The average molecular weight is 228 g/mol. The van der Waals surface area contributed by atoms with E-state index in [4.69, 9.17) is 5.11 Å². The maximum Gasteiger partial charge on any atom is 0.309 e. The molecular formula is C12H20O4. The number of carboxylic acid groups (broad SMARTS) is 1. The molecule has 2 atom stereocenters. The monoisotopic (exact) mass is 228 g/mol. The molecule has 16 heavy (non-hydrogen) atoms. The van der Waals surface area contributed by atoms with Crippen molar-refractivity contribution in [2.45, 2.75) is 26.7 Å². The summed E-state index contributed by atoms with van der Waals surface area (Å²) >= 11 is 0. The first-order chi connectivity index (χ1) is 7.43. The lowest BCUT2D eigenvalue weighted by atomic mass is 9.83. The van der Waals surface area contributed by atoms with Crippen molar-refractivity contribution in [3.05, 3.63) is 12.7 Å². The molecule has 0 aliphatic rings. The lowest BCUT2D eigenvalue weighted by Gasteiger charge is -2.22. The molecular weight excluding hydrogens is 208 g/mol. The predicted molar refractivity (Wildman–Crippen MR) is 60.9 cm³/mol. The van der Waals surface area contributed by atoms with Crippen molar-refractivity contribution in [1.82, 2.24) is 0 Å². The van der Waals surface area contributed by atoms with Gasteiger partial charge in [0.2, 0.25) is 0 Å². The Bertz CT molecular complexity index is 258. The lowest BCUT2D eigenvalue weighted by molar-refractivity contribution is -0.156. The summed E-state index contributed by atoms with van der Waals surface area (Å²) < 4.78 is 4.63. The number of esters is 1. The Kier molecular flexibility index (Phi) is 6.46. The van der Waals surface area contributed by atoms with Gasteiger partial charge >= 0.3 is 11.9 Å². The van der Waals surface area contributed by atoms with Gasteiger partial charge in [0.15, 0.2) is 0 Å². The van der Waals surface area contributed by atoms with Gasteiger partial charge in [0, 0.05) is 0 Å². The first-order valence-corrected chi connectivity index (χ1v) is 5.35. The van der Waals surface area contributed by atoms with E-state index in [1.165, 1.54) is 7.11 Å². The van der Waals surface area contributed by atoms with Crippen LogP contribution >= 0.6 is 0 Å². The highest BCUT2D eigenvalue weighted by atomic mass is 16.5. The maximum atomic E-state index is 11.5. The Balaban J connectivity index is 4.85. The van der Waals surface area contributed by atoms with E-state index in [1.54, 1.807) is 6.08 Å². The zero-order chi connectivity index (χ0) is 12.7. The van der Waals surface area contributed by atoms with Crippen LogP contribution in [0.4, 0.5) is 0 Å². The molecule has 0 fully saturated rings. The number of carboxylic acids is 1. The number of allylic oxidation sites excluding steroid dienone is 1. The second-order valence-electron chi connectivity index (χ2n) is 4.23. The van der Waals surface area contributed by atoms with E-state index in [0.717, 1.165) is 0 Å². The number of carbonyl (C=O) groups is 2. The summed E-state index contributed by atoms with van der Waals surface area (Å²) in [5, 5.41) is 9.12. The third kappa shape index (κ3) is 4.47. The van der Waals surface area contributed by atoms with Crippen LogP contribution in [-0.2, 0) is 14.3 Å². The minimum Gasteiger partial charge on any atom is -0.481 e. The van der Waals surface area contributed by atoms with Gasteiger partial charge in [-0.15, -0.1) is 6.58 Å². The van der Waals surface area contributed by atoms with E-state index in [9.17, 15) is 9.59 Å². The Morgan fingerprint density at radius 3 is 2.25 bits per heavy atom. The van der Waals surface area contributed by atoms with E-state index in [-0.39, 0.29) is 5.92 Å². The van der Waals surface area contributed by atoms with Gasteiger partial charge in [-0.25, -0.2) is 0 Å². The zero-order valence-corrected chi connectivity index (χ0v) is 10.1. The van der Waals surface area contributed by atoms with E-state index < -0.39 is 23.8 Å². The van der Waals surface area contributed by atoms with Crippen molar-refractivity contribution in [3.63, 3.8) is 0 Å². The fourth-order valence-electron chi connectivity index (χ4n) is 1.70. The largest absolute Gasteiger partial charge is 0.481 e. The molecule has 0 saturated heterocycles. The van der Waals surface area contributed by atoms with Crippen molar-refractivity contribution < 1.29 is 19.4 Å². The van der Waals surface area contributed by atoms with Crippen molar-refractivity contribution in [2.75, 3.05) is 7.11 Å². The molecule has 92 valence electrons. The number of methoxy groups -OCH3 is 1. The fraction of sp³-hybridized carbons (Fsp3) is 0.667. The van der Waals surface area contributed by atoms with Crippen LogP contribution in [0.2, 0.25) is 0 Å². The highest BCUT2D eigenvalue weighted by Crippen LogP contribution is 2.25. The molecule has 0 aromatic carbocycles. The summed E-state index contributed by atoms with van der Waals surface area (Å²) in [5.74, 6) is -2.55. The lowest BCUT2D eigenvalue weighted by Crippen LogP contribution is -2.31. The molecule has 4 heteroatoms. The third-order valence-electron chi connectivity index (χ3n) is 2.45. The van der Waals surface area contributed by atoms with Gasteiger partial charge in [0.25, 0.3) is 0 Å². The number of ether oxygens (including phenoxy) is 1. The molecule has 2 unspecified atom stereocenters. The van der Waals surface area contributed by atoms with Crippen LogP contribution in [-0.4, -0.2) is 24.2 Å². The molecule has 0 spiro atoms. The van der Waals surface area contributed by atoms with Crippen LogP contribution < -0.4 is 0 Å². The minimum atomic E-state index is -0.953. The summed E-state index contributed by atoms with van der Waals surface area (Å²) in [6.07, 6.45) is 2.34. The van der Waals surface area contributed by atoms with Crippen molar-refractivity contribution in [2.24, 2.45) is 17.8 Å². The number of aliphatic carboxylic acids is 1. The number of rotatable bonds is 7. The second-order valence-corrected chi connectivity index (χ2v) is 4.23.